The predicted molar refractivity (Wildman–Crippen MR) is 166 cm³/mol. The number of halogens is 1. The molecule has 3 aromatic carbocycles. The molecular weight excluding hydrogens is 518 g/mol. The van der Waals surface area contributed by atoms with Crippen LogP contribution in [0.5, 0.6) is 5.75 Å². The van der Waals surface area contributed by atoms with Gasteiger partial charge in [-0.25, -0.2) is 0 Å². The molecule has 6 heteroatoms. The van der Waals surface area contributed by atoms with Crippen molar-refractivity contribution in [2.75, 3.05) is 32.8 Å². The van der Waals surface area contributed by atoms with Gasteiger partial charge in [0.2, 0.25) is 0 Å². The number of hydrogen-bond donors (Lipinski definition) is 1. The van der Waals surface area contributed by atoms with E-state index in [0.717, 1.165) is 65.4 Å². The number of amides is 1. The smallest absolute Gasteiger partial charge is 0.251 e. The van der Waals surface area contributed by atoms with E-state index in [4.69, 9.17) is 16.3 Å². The summed E-state index contributed by atoms with van der Waals surface area (Å²) in [4.78, 5) is 15.4. The normalized spacial score (nSPS) is 14.5. The number of hydrogen-bond acceptors (Lipinski definition) is 3. The molecule has 1 aliphatic rings. The molecule has 0 spiro atoms. The van der Waals surface area contributed by atoms with Crippen molar-refractivity contribution in [1.82, 2.24) is 14.8 Å². The summed E-state index contributed by atoms with van der Waals surface area (Å²) in [5.41, 5.74) is 6.61. The molecule has 1 amide bonds. The van der Waals surface area contributed by atoms with E-state index < -0.39 is 0 Å². The van der Waals surface area contributed by atoms with E-state index in [1.165, 1.54) is 24.0 Å². The Balaban J connectivity index is 1.07. The summed E-state index contributed by atoms with van der Waals surface area (Å²) in [5.74, 6) is 1.62. The van der Waals surface area contributed by atoms with Gasteiger partial charge in [0.15, 0.2) is 0 Å². The lowest BCUT2D eigenvalue weighted by Gasteiger charge is -2.33. The SMILES string of the molecule is CCOc1cc(C)ccc1C1CCN(CCCCNC(=O)c2ccc3c(c2)cc(-c2ccc(Cl)cc2)n3C)CC1. The minimum Gasteiger partial charge on any atom is -0.494 e. The molecule has 2 heterocycles. The molecule has 1 saturated heterocycles. The number of rotatable bonds is 10. The molecule has 0 aliphatic carbocycles. The van der Waals surface area contributed by atoms with E-state index in [-0.39, 0.29) is 5.91 Å². The molecule has 0 unspecified atom stereocenters. The van der Waals surface area contributed by atoms with Gasteiger partial charge in [-0.2, -0.15) is 0 Å². The molecule has 1 aliphatic heterocycles. The molecule has 0 saturated carbocycles. The molecule has 1 fully saturated rings. The van der Waals surface area contributed by atoms with Crippen molar-refractivity contribution < 1.29 is 9.53 Å². The van der Waals surface area contributed by atoms with E-state index in [0.29, 0.717) is 24.6 Å². The zero-order chi connectivity index (χ0) is 28.1. The Bertz CT molecular complexity index is 1450. The zero-order valence-corrected chi connectivity index (χ0v) is 24.6. The number of nitrogens with one attached hydrogen (secondary N) is 1. The minimum absolute atomic E-state index is 0.0113. The monoisotopic (exact) mass is 557 g/mol. The summed E-state index contributed by atoms with van der Waals surface area (Å²) in [6.45, 7) is 8.89. The van der Waals surface area contributed by atoms with Gasteiger partial charge in [-0.15, -0.1) is 0 Å². The van der Waals surface area contributed by atoms with E-state index >= 15 is 0 Å². The van der Waals surface area contributed by atoms with Crippen molar-refractivity contribution in [2.45, 2.75) is 45.4 Å². The second-order valence-corrected chi connectivity index (χ2v) is 11.4. The Morgan fingerprint density at radius 3 is 2.52 bits per heavy atom. The number of aromatic nitrogens is 1. The maximum absolute atomic E-state index is 12.9. The molecule has 5 rings (SSSR count). The first-order valence-electron chi connectivity index (χ1n) is 14.5. The highest BCUT2D eigenvalue weighted by Crippen LogP contribution is 2.35. The fourth-order valence-electron chi connectivity index (χ4n) is 5.88. The van der Waals surface area contributed by atoms with Crippen LogP contribution in [-0.4, -0.2) is 48.2 Å². The molecule has 210 valence electrons. The van der Waals surface area contributed by atoms with Crippen LogP contribution in [0.1, 0.15) is 60.0 Å². The van der Waals surface area contributed by atoms with Crippen molar-refractivity contribution in [3.8, 4) is 17.0 Å². The van der Waals surface area contributed by atoms with Gasteiger partial charge < -0.3 is 19.5 Å². The fraction of sp³-hybridized carbons (Fsp3) is 0.382. The Labute approximate surface area is 243 Å². The van der Waals surface area contributed by atoms with Crippen LogP contribution >= 0.6 is 11.6 Å². The van der Waals surface area contributed by atoms with Crippen molar-refractivity contribution >= 4 is 28.4 Å². The maximum atomic E-state index is 12.9. The number of carbonyl (C=O) groups excluding carboxylic acids is 1. The zero-order valence-electron chi connectivity index (χ0n) is 23.9. The van der Waals surface area contributed by atoms with Gasteiger partial charge in [-0.3, -0.25) is 4.79 Å². The van der Waals surface area contributed by atoms with Gasteiger partial charge in [0, 0.05) is 40.8 Å². The Hall–Kier alpha value is -3.28. The molecule has 1 aromatic heterocycles. The third-order valence-electron chi connectivity index (χ3n) is 8.13. The van der Waals surface area contributed by atoms with Gasteiger partial charge in [-0.05, 0) is 124 Å². The molecule has 0 atom stereocenters. The summed E-state index contributed by atoms with van der Waals surface area (Å²) in [7, 11) is 2.05. The summed E-state index contributed by atoms with van der Waals surface area (Å²) in [5, 5.41) is 4.90. The van der Waals surface area contributed by atoms with Gasteiger partial charge >= 0.3 is 0 Å². The number of benzene rings is 3. The van der Waals surface area contributed by atoms with Crippen LogP contribution in [0.15, 0.2) is 66.7 Å². The van der Waals surface area contributed by atoms with Gasteiger partial charge in [0.05, 0.1) is 6.61 Å². The lowest BCUT2D eigenvalue weighted by molar-refractivity contribution is 0.0952. The molecule has 5 nitrogen and oxygen atoms in total. The third kappa shape index (κ3) is 6.54. The molecule has 1 N–H and O–H groups in total. The second kappa shape index (κ2) is 12.9. The number of piperidine rings is 1. The minimum atomic E-state index is -0.0113. The first kappa shape index (κ1) is 28.3. The maximum Gasteiger partial charge on any atom is 0.251 e. The van der Waals surface area contributed by atoms with Crippen molar-refractivity contribution in [3.05, 3.63) is 88.4 Å². The summed E-state index contributed by atoms with van der Waals surface area (Å²) in [6, 6.07) is 22.6. The highest BCUT2D eigenvalue weighted by Gasteiger charge is 2.23. The third-order valence-corrected chi connectivity index (χ3v) is 8.38. The number of carbonyl (C=O) groups is 1. The highest BCUT2D eigenvalue weighted by molar-refractivity contribution is 6.30. The topological polar surface area (TPSA) is 46.5 Å². The van der Waals surface area contributed by atoms with E-state index in [2.05, 4.69) is 59.9 Å². The van der Waals surface area contributed by atoms with E-state index in [9.17, 15) is 4.79 Å². The number of likely N-dealkylation sites (tertiary alicyclic amines) is 1. The number of fused-ring (bicyclic) bond motifs is 1. The first-order chi connectivity index (χ1) is 19.4. The number of nitrogens with zero attached hydrogens (tertiary/aromatic N) is 2. The van der Waals surface area contributed by atoms with Crippen LogP contribution in [0.3, 0.4) is 0 Å². The highest BCUT2D eigenvalue weighted by atomic mass is 35.5. The molecule has 4 aromatic rings. The fourth-order valence-corrected chi connectivity index (χ4v) is 6.01. The average molecular weight is 558 g/mol. The Kier molecular flexibility index (Phi) is 9.13. The quantitative estimate of drug-likeness (QED) is 0.204. The van der Waals surface area contributed by atoms with E-state index in [1.807, 2.05) is 42.5 Å². The van der Waals surface area contributed by atoms with Crippen LogP contribution in [0, 0.1) is 6.92 Å². The Morgan fingerprint density at radius 1 is 1.00 bits per heavy atom. The number of aryl methyl sites for hydroxylation is 2. The van der Waals surface area contributed by atoms with Crippen molar-refractivity contribution in [3.63, 3.8) is 0 Å². The molecular formula is C34H40ClN3O2. The summed E-state index contributed by atoms with van der Waals surface area (Å²) < 4.78 is 8.09. The van der Waals surface area contributed by atoms with Crippen LogP contribution in [0.4, 0.5) is 0 Å². The standard InChI is InChI=1S/C34H40ClN3O2/c1-4-40-33-21-24(2)7-13-30(33)25-15-19-38(20-16-25)18-6-5-17-36-34(39)27-10-14-31-28(22-27)23-32(37(31)3)26-8-11-29(35)12-9-26/h7-14,21-23,25H,4-6,15-20H2,1-3H3,(H,36,39). The summed E-state index contributed by atoms with van der Waals surface area (Å²) in [6.07, 6.45) is 4.40. The lowest BCUT2D eigenvalue weighted by atomic mass is 9.88. The molecule has 0 radical (unpaired) electrons. The van der Waals surface area contributed by atoms with Crippen molar-refractivity contribution in [1.29, 1.82) is 0 Å². The van der Waals surface area contributed by atoms with Crippen LogP contribution in [-0.2, 0) is 7.05 Å². The molecule has 0 bridgehead atoms. The number of ether oxygens (including phenoxy) is 1. The number of unbranched alkanes of at least 4 members (excludes halogenated alkanes) is 1. The largest absolute Gasteiger partial charge is 0.494 e. The van der Waals surface area contributed by atoms with E-state index in [1.54, 1.807) is 0 Å². The predicted octanol–water partition coefficient (Wildman–Crippen LogP) is 7.60. The van der Waals surface area contributed by atoms with Crippen LogP contribution in [0.2, 0.25) is 5.02 Å². The van der Waals surface area contributed by atoms with Crippen LogP contribution in [0.25, 0.3) is 22.2 Å². The Morgan fingerprint density at radius 2 is 1.77 bits per heavy atom. The first-order valence-corrected chi connectivity index (χ1v) is 14.9. The average Bonchev–Trinajstić information content (AvgIpc) is 3.29. The van der Waals surface area contributed by atoms with Crippen molar-refractivity contribution in [2.24, 2.45) is 7.05 Å². The van der Waals surface area contributed by atoms with Gasteiger partial charge in [0.25, 0.3) is 5.91 Å². The van der Waals surface area contributed by atoms with Crippen LogP contribution < -0.4 is 10.1 Å². The van der Waals surface area contributed by atoms with Gasteiger partial charge in [0.1, 0.15) is 5.75 Å². The lowest BCUT2D eigenvalue weighted by Crippen LogP contribution is -2.34. The molecule has 40 heavy (non-hydrogen) atoms. The second-order valence-electron chi connectivity index (χ2n) is 10.9. The summed E-state index contributed by atoms with van der Waals surface area (Å²) >= 11 is 6.06. The van der Waals surface area contributed by atoms with Gasteiger partial charge in [-0.1, -0.05) is 35.9 Å².